The van der Waals surface area contributed by atoms with Crippen LogP contribution in [0, 0.1) is 25.7 Å². The van der Waals surface area contributed by atoms with Crippen LogP contribution in [0.4, 0.5) is 0 Å². The van der Waals surface area contributed by atoms with Gasteiger partial charge in [0.25, 0.3) is 5.91 Å². The summed E-state index contributed by atoms with van der Waals surface area (Å²) in [5.41, 5.74) is 1.19. The number of nitrogens with one attached hydrogen (secondary N) is 2. The third-order valence-corrected chi connectivity index (χ3v) is 6.39. The van der Waals surface area contributed by atoms with Crippen LogP contribution < -0.4 is 10.6 Å². The highest BCUT2D eigenvalue weighted by atomic mass is 32.1. The van der Waals surface area contributed by atoms with E-state index < -0.39 is 0 Å². The minimum Gasteiger partial charge on any atom is -0.393 e. The van der Waals surface area contributed by atoms with E-state index in [4.69, 9.17) is 0 Å². The molecule has 1 aliphatic heterocycles. The van der Waals surface area contributed by atoms with E-state index in [1.807, 2.05) is 6.07 Å². The van der Waals surface area contributed by atoms with Crippen molar-refractivity contribution in [2.24, 2.45) is 11.8 Å². The number of carbonyl (C=O) groups excluding carboxylic acids is 1. The van der Waals surface area contributed by atoms with Gasteiger partial charge in [0.05, 0.1) is 11.0 Å². The Balaban J connectivity index is 1.70. The Bertz CT molecular complexity index is 511. The predicted octanol–water partition coefficient (Wildman–Crippen LogP) is 2.23. The van der Waals surface area contributed by atoms with Gasteiger partial charge in [0, 0.05) is 10.9 Å². The van der Waals surface area contributed by atoms with Gasteiger partial charge >= 0.3 is 0 Å². The zero-order chi connectivity index (χ0) is 15.7. The van der Waals surface area contributed by atoms with Crippen LogP contribution in [0.3, 0.4) is 0 Å². The lowest BCUT2D eigenvalue weighted by molar-refractivity contribution is 0.00924. The first-order chi connectivity index (χ1) is 10.5. The smallest absolute Gasteiger partial charge is 0.261 e. The largest absolute Gasteiger partial charge is 0.393 e. The maximum absolute atomic E-state index is 12.6. The SMILES string of the molecule is Cc1cc(C(=O)N[C@H](C2CCNCC2)C2CC(O)C2)sc1C. The Morgan fingerprint density at radius 2 is 2.00 bits per heavy atom. The Hall–Kier alpha value is -0.910. The molecule has 4 nitrogen and oxygen atoms in total. The van der Waals surface area contributed by atoms with E-state index in [1.165, 1.54) is 10.4 Å². The van der Waals surface area contributed by atoms with E-state index in [-0.39, 0.29) is 18.1 Å². The summed E-state index contributed by atoms with van der Waals surface area (Å²) in [6.07, 6.45) is 3.71. The molecule has 0 aromatic carbocycles. The molecular weight excluding hydrogens is 296 g/mol. The number of amides is 1. The molecule has 1 amide bonds. The first-order valence-corrected chi connectivity index (χ1v) is 9.13. The van der Waals surface area contributed by atoms with Crippen LogP contribution in [0.2, 0.25) is 0 Å². The average molecular weight is 322 g/mol. The molecule has 1 aromatic rings. The number of aryl methyl sites for hydroxylation is 2. The molecule has 2 fully saturated rings. The first kappa shape index (κ1) is 16.0. The third-order valence-electron chi connectivity index (χ3n) is 5.24. The number of hydrogen-bond donors (Lipinski definition) is 3. The van der Waals surface area contributed by atoms with Crippen molar-refractivity contribution >= 4 is 17.2 Å². The Labute approximate surface area is 136 Å². The molecule has 3 N–H and O–H groups in total. The van der Waals surface area contributed by atoms with Gasteiger partial charge in [-0.05, 0) is 76.1 Å². The van der Waals surface area contributed by atoms with Crippen molar-refractivity contribution in [2.75, 3.05) is 13.1 Å². The molecular formula is C17H26N2O2S. The molecule has 0 unspecified atom stereocenters. The summed E-state index contributed by atoms with van der Waals surface area (Å²) in [6.45, 7) is 6.17. The number of carbonyl (C=O) groups is 1. The Morgan fingerprint density at radius 3 is 2.55 bits per heavy atom. The number of aliphatic hydroxyl groups excluding tert-OH is 1. The van der Waals surface area contributed by atoms with E-state index in [1.54, 1.807) is 11.3 Å². The minimum absolute atomic E-state index is 0.0612. The second-order valence-corrected chi connectivity index (χ2v) is 8.08. The quantitative estimate of drug-likeness (QED) is 0.797. The Kier molecular flexibility index (Phi) is 4.85. The summed E-state index contributed by atoms with van der Waals surface area (Å²) in [6, 6.07) is 2.20. The van der Waals surface area contributed by atoms with Gasteiger partial charge in [0.1, 0.15) is 0 Å². The van der Waals surface area contributed by atoms with Crippen LogP contribution in [0.1, 0.15) is 45.8 Å². The number of hydrogen-bond acceptors (Lipinski definition) is 4. The van der Waals surface area contributed by atoms with Gasteiger partial charge in [0.15, 0.2) is 0 Å². The van der Waals surface area contributed by atoms with Gasteiger partial charge in [-0.2, -0.15) is 0 Å². The van der Waals surface area contributed by atoms with Crippen LogP contribution in [0.15, 0.2) is 6.07 Å². The van der Waals surface area contributed by atoms with Gasteiger partial charge in [-0.15, -0.1) is 11.3 Å². The van der Waals surface area contributed by atoms with Crippen LogP contribution >= 0.6 is 11.3 Å². The summed E-state index contributed by atoms with van der Waals surface area (Å²) in [5.74, 6) is 1.03. The molecule has 5 heteroatoms. The van der Waals surface area contributed by atoms with Crippen molar-refractivity contribution in [3.63, 3.8) is 0 Å². The fourth-order valence-electron chi connectivity index (χ4n) is 3.65. The first-order valence-electron chi connectivity index (χ1n) is 8.31. The van der Waals surface area contributed by atoms with Gasteiger partial charge < -0.3 is 15.7 Å². The third kappa shape index (κ3) is 3.36. The van der Waals surface area contributed by atoms with E-state index in [9.17, 15) is 9.90 Å². The monoisotopic (exact) mass is 322 g/mol. The second-order valence-electron chi connectivity index (χ2n) is 6.82. The lowest BCUT2D eigenvalue weighted by Gasteiger charge is -2.43. The zero-order valence-corrected chi connectivity index (χ0v) is 14.2. The highest BCUT2D eigenvalue weighted by molar-refractivity contribution is 7.14. The molecule has 1 atom stereocenters. The summed E-state index contributed by atoms with van der Waals surface area (Å²) in [5, 5.41) is 16.3. The molecule has 2 aliphatic rings. The van der Waals surface area contributed by atoms with E-state index in [0.717, 1.165) is 43.6 Å². The highest BCUT2D eigenvalue weighted by Crippen LogP contribution is 2.36. The zero-order valence-electron chi connectivity index (χ0n) is 13.4. The molecule has 0 spiro atoms. The summed E-state index contributed by atoms with van der Waals surface area (Å²) in [7, 11) is 0. The molecule has 1 aliphatic carbocycles. The number of piperidine rings is 1. The lowest BCUT2D eigenvalue weighted by atomic mass is 9.71. The molecule has 2 heterocycles. The fourth-order valence-corrected chi connectivity index (χ4v) is 4.59. The predicted molar refractivity (Wildman–Crippen MR) is 89.4 cm³/mol. The molecule has 1 saturated heterocycles. The molecule has 0 bridgehead atoms. The van der Waals surface area contributed by atoms with E-state index in [2.05, 4.69) is 24.5 Å². The van der Waals surface area contributed by atoms with Crippen molar-refractivity contribution in [2.45, 2.75) is 51.7 Å². The number of aliphatic hydroxyl groups is 1. The summed E-state index contributed by atoms with van der Waals surface area (Å²) in [4.78, 5) is 14.6. The normalized spacial score (nSPS) is 27.2. The molecule has 1 saturated carbocycles. The van der Waals surface area contributed by atoms with Gasteiger partial charge in [-0.3, -0.25) is 4.79 Å². The van der Waals surface area contributed by atoms with Crippen LogP contribution in [0.5, 0.6) is 0 Å². The van der Waals surface area contributed by atoms with Crippen LogP contribution in [-0.2, 0) is 0 Å². The van der Waals surface area contributed by atoms with Crippen molar-refractivity contribution in [3.05, 3.63) is 21.4 Å². The van der Waals surface area contributed by atoms with Crippen molar-refractivity contribution in [3.8, 4) is 0 Å². The fraction of sp³-hybridized carbons (Fsp3) is 0.706. The lowest BCUT2D eigenvalue weighted by Crippen LogP contribution is -2.52. The van der Waals surface area contributed by atoms with Crippen molar-refractivity contribution in [1.82, 2.24) is 10.6 Å². The Morgan fingerprint density at radius 1 is 1.32 bits per heavy atom. The maximum atomic E-state index is 12.6. The maximum Gasteiger partial charge on any atom is 0.261 e. The van der Waals surface area contributed by atoms with E-state index in [0.29, 0.717) is 11.8 Å². The summed E-state index contributed by atoms with van der Waals surface area (Å²) >= 11 is 1.58. The minimum atomic E-state index is -0.169. The highest BCUT2D eigenvalue weighted by Gasteiger charge is 2.39. The standard InChI is InChI=1S/C17H26N2O2S/c1-10-7-15(22-11(10)2)17(21)19-16(13-8-14(20)9-13)12-3-5-18-6-4-12/h7,12-14,16,18,20H,3-6,8-9H2,1-2H3,(H,19,21)/t13?,14?,16-/m1/s1. The number of thiophene rings is 1. The summed E-state index contributed by atoms with van der Waals surface area (Å²) < 4.78 is 0. The molecule has 22 heavy (non-hydrogen) atoms. The molecule has 122 valence electrons. The second kappa shape index (κ2) is 6.69. The molecule has 3 rings (SSSR count). The van der Waals surface area contributed by atoms with Gasteiger partial charge in [-0.25, -0.2) is 0 Å². The molecule has 0 radical (unpaired) electrons. The van der Waals surface area contributed by atoms with Gasteiger partial charge in [-0.1, -0.05) is 0 Å². The van der Waals surface area contributed by atoms with Crippen LogP contribution in [-0.4, -0.2) is 36.2 Å². The molecule has 1 aromatic heterocycles. The van der Waals surface area contributed by atoms with Gasteiger partial charge in [0.2, 0.25) is 0 Å². The van der Waals surface area contributed by atoms with Crippen molar-refractivity contribution < 1.29 is 9.90 Å². The van der Waals surface area contributed by atoms with Crippen LogP contribution in [0.25, 0.3) is 0 Å². The number of rotatable bonds is 4. The topological polar surface area (TPSA) is 61.4 Å². The average Bonchev–Trinajstić information content (AvgIpc) is 2.82. The van der Waals surface area contributed by atoms with Crippen molar-refractivity contribution in [1.29, 1.82) is 0 Å². The van der Waals surface area contributed by atoms with E-state index >= 15 is 0 Å².